The Bertz CT molecular complexity index is 1400. The van der Waals surface area contributed by atoms with Crippen molar-refractivity contribution in [3.63, 3.8) is 0 Å². The van der Waals surface area contributed by atoms with Gasteiger partial charge in [0.25, 0.3) is 0 Å². The number of likely N-dealkylation sites (tertiary alicyclic amines) is 1. The first-order valence-corrected chi connectivity index (χ1v) is 11.9. The third-order valence-electron chi connectivity index (χ3n) is 6.16. The number of aromatic nitrogens is 4. The van der Waals surface area contributed by atoms with Gasteiger partial charge >= 0.3 is 0 Å². The molecule has 0 aliphatic carbocycles. The summed E-state index contributed by atoms with van der Waals surface area (Å²) in [5.41, 5.74) is 9.36. The second kappa shape index (κ2) is 10.2. The minimum Gasteiger partial charge on any atom is -0.457 e. The summed E-state index contributed by atoms with van der Waals surface area (Å²) in [6.45, 7) is 2.52. The molecule has 0 unspecified atom stereocenters. The van der Waals surface area contributed by atoms with E-state index in [1.807, 2.05) is 89.3 Å². The van der Waals surface area contributed by atoms with Crippen LogP contribution in [0, 0.1) is 0 Å². The van der Waals surface area contributed by atoms with Crippen LogP contribution in [0.5, 0.6) is 11.5 Å². The zero-order chi connectivity index (χ0) is 25.1. The summed E-state index contributed by atoms with van der Waals surface area (Å²) in [5.74, 6) is 1.96. The first-order valence-electron chi connectivity index (χ1n) is 11.9. The standard InChI is InChI=1S/C27H29N7O2/c1-32(2)14-12-20-13-15-33(27(20)35)16-17-34-26-23(25(28)29-18-30-26)24(31-34)19-8-10-22(11-9-19)36-21-6-4-3-5-7-21/h3-12,18H,13-17H2,1-2H3,(H2,28,29,30). The van der Waals surface area contributed by atoms with Gasteiger partial charge in [-0.15, -0.1) is 0 Å². The molecule has 9 nitrogen and oxygen atoms in total. The number of amides is 1. The van der Waals surface area contributed by atoms with Crippen molar-refractivity contribution in [1.82, 2.24) is 29.5 Å². The van der Waals surface area contributed by atoms with Crippen LogP contribution in [0.25, 0.3) is 22.3 Å². The molecule has 3 heterocycles. The van der Waals surface area contributed by atoms with Gasteiger partial charge in [0.15, 0.2) is 5.65 Å². The molecular weight excluding hydrogens is 454 g/mol. The summed E-state index contributed by atoms with van der Waals surface area (Å²) in [4.78, 5) is 25.4. The Hall–Kier alpha value is -4.24. The minimum atomic E-state index is 0.0941. The SMILES string of the molecule is CN(C)CC=C1CCN(CCn2nc(-c3ccc(Oc4ccccc4)cc3)c3c(N)ncnc32)C1=O. The Balaban J connectivity index is 1.36. The van der Waals surface area contributed by atoms with Crippen LogP contribution in [0.3, 0.4) is 0 Å². The topological polar surface area (TPSA) is 102 Å². The van der Waals surface area contributed by atoms with E-state index in [0.717, 1.165) is 35.6 Å². The fourth-order valence-corrected chi connectivity index (χ4v) is 4.27. The molecule has 0 atom stereocenters. The molecule has 9 heteroatoms. The highest BCUT2D eigenvalue weighted by Gasteiger charge is 2.26. The summed E-state index contributed by atoms with van der Waals surface area (Å²) in [6, 6.07) is 17.3. The molecule has 5 rings (SSSR count). The van der Waals surface area contributed by atoms with E-state index in [1.165, 1.54) is 6.33 Å². The second-order valence-electron chi connectivity index (χ2n) is 9.00. The lowest BCUT2D eigenvalue weighted by atomic mass is 10.1. The molecule has 184 valence electrons. The first-order chi connectivity index (χ1) is 17.5. The maximum atomic E-state index is 12.8. The van der Waals surface area contributed by atoms with Crippen LogP contribution in [0.4, 0.5) is 5.82 Å². The molecule has 2 N–H and O–H groups in total. The van der Waals surface area contributed by atoms with E-state index in [0.29, 0.717) is 42.2 Å². The highest BCUT2D eigenvalue weighted by atomic mass is 16.5. The van der Waals surface area contributed by atoms with Gasteiger partial charge in [-0.3, -0.25) is 4.79 Å². The smallest absolute Gasteiger partial charge is 0.249 e. The molecule has 1 amide bonds. The minimum absolute atomic E-state index is 0.0941. The number of carbonyl (C=O) groups is 1. The zero-order valence-electron chi connectivity index (χ0n) is 20.5. The Morgan fingerprint density at radius 3 is 2.53 bits per heavy atom. The number of anilines is 1. The van der Waals surface area contributed by atoms with Crippen LogP contribution in [-0.4, -0.2) is 69.2 Å². The van der Waals surface area contributed by atoms with Crippen LogP contribution >= 0.6 is 0 Å². The van der Waals surface area contributed by atoms with E-state index in [1.54, 1.807) is 0 Å². The van der Waals surface area contributed by atoms with Gasteiger partial charge < -0.3 is 20.3 Å². The maximum absolute atomic E-state index is 12.8. The molecule has 0 radical (unpaired) electrons. The summed E-state index contributed by atoms with van der Waals surface area (Å²) in [7, 11) is 3.98. The Morgan fingerprint density at radius 1 is 1.03 bits per heavy atom. The van der Waals surface area contributed by atoms with Crippen molar-refractivity contribution in [1.29, 1.82) is 0 Å². The van der Waals surface area contributed by atoms with E-state index in [4.69, 9.17) is 15.6 Å². The predicted octanol–water partition coefficient (Wildman–Crippen LogP) is 3.59. The Morgan fingerprint density at radius 2 is 1.78 bits per heavy atom. The third-order valence-corrected chi connectivity index (χ3v) is 6.16. The number of likely N-dealkylation sites (N-methyl/N-ethyl adjacent to an activating group) is 1. The van der Waals surface area contributed by atoms with Crippen LogP contribution in [0.15, 0.2) is 72.6 Å². The lowest BCUT2D eigenvalue weighted by molar-refractivity contribution is -0.124. The predicted molar refractivity (Wildman–Crippen MR) is 140 cm³/mol. The molecule has 2 aromatic heterocycles. The first kappa shape index (κ1) is 23.5. The zero-order valence-corrected chi connectivity index (χ0v) is 20.5. The summed E-state index contributed by atoms with van der Waals surface area (Å²) in [6.07, 6.45) is 4.23. The molecular formula is C27H29N7O2. The largest absolute Gasteiger partial charge is 0.457 e. The number of para-hydroxylation sites is 1. The Kier molecular flexibility index (Phi) is 6.64. The molecule has 1 aliphatic heterocycles. The number of carbonyl (C=O) groups excluding carboxylic acids is 1. The van der Waals surface area contributed by atoms with E-state index < -0.39 is 0 Å². The third kappa shape index (κ3) is 4.92. The van der Waals surface area contributed by atoms with Crippen LogP contribution in [-0.2, 0) is 11.3 Å². The number of hydrogen-bond acceptors (Lipinski definition) is 7. The molecule has 2 aromatic carbocycles. The van der Waals surface area contributed by atoms with E-state index in [-0.39, 0.29) is 5.91 Å². The molecule has 4 aromatic rings. The van der Waals surface area contributed by atoms with Crippen molar-refractivity contribution in [3.05, 3.63) is 72.6 Å². The van der Waals surface area contributed by atoms with Crippen molar-refractivity contribution in [2.24, 2.45) is 0 Å². The number of benzene rings is 2. The van der Waals surface area contributed by atoms with Gasteiger partial charge in [-0.25, -0.2) is 14.6 Å². The van der Waals surface area contributed by atoms with Crippen LogP contribution in [0.1, 0.15) is 6.42 Å². The molecule has 0 saturated carbocycles. The number of nitrogens with two attached hydrogens (primary N) is 1. The average molecular weight is 484 g/mol. The van der Waals surface area contributed by atoms with Crippen molar-refractivity contribution in [2.45, 2.75) is 13.0 Å². The highest BCUT2D eigenvalue weighted by molar-refractivity contribution is 5.98. The van der Waals surface area contributed by atoms with Gasteiger partial charge in [0.05, 0.1) is 11.9 Å². The number of fused-ring (bicyclic) bond motifs is 1. The van der Waals surface area contributed by atoms with Gasteiger partial charge in [-0.05, 0) is 56.9 Å². The van der Waals surface area contributed by atoms with E-state index in [2.05, 4.69) is 9.97 Å². The maximum Gasteiger partial charge on any atom is 0.249 e. The lowest BCUT2D eigenvalue weighted by Crippen LogP contribution is -2.29. The number of nitrogens with zero attached hydrogens (tertiary/aromatic N) is 6. The summed E-state index contributed by atoms with van der Waals surface area (Å²) in [5, 5.41) is 5.54. The molecule has 1 fully saturated rings. The molecule has 1 saturated heterocycles. The van der Waals surface area contributed by atoms with E-state index >= 15 is 0 Å². The molecule has 0 spiro atoms. The van der Waals surface area contributed by atoms with Crippen molar-refractivity contribution in [3.8, 4) is 22.8 Å². The number of rotatable bonds is 8. The van der Waals surface area contributed by atoms with Crippen LogP contribution < -0.4 is 10.5 Å². The van der Waals surface area contributed by atoms with Crippen molar-refractivity contribution < 1.29 is 9.53 Å². The van der Waals surface area contributed by atoms with Crippen LogP contribution in [0.2, 0.25) is 0 Å². The summed E-state index contributed by atoms with van der Waals surface area (Å²) >= 11 is 0. The van der Waals surface area contributed by atoms with Gasteiger partial charge in [-0.2, -0.15) is 5.10 Å². The lowest BCUT2D eigenvalue weighted by Gasteiger charge is -2.15. The number of nitrogen functional groups attached to an aromatic ring is 1. The molecule has 0 bridgehead atoms. The quantitative estimate of drug-likeness (QED) is 0.382. The highest BCUT2D eigenvalue weighted by Crippen LogP contribution is 2.32. The molecule has 36 heavy (non-hydrogen) atoms. The normalized spacial score (nSPS) is 14.9. The fourth-order valence-electron chi connectivity index (χ4n) is 4.27. The van der Waals surface area contributed by atoms with Crippen molar-refractivity contribution in [2.75, 3.05) is 39.5 Å². The number of ether oxygens (including phenoxy) is 1. The average Bonchev–Trinajstić information content (AvgIpc) is 3.43. The van der Waals surface area contributed by atoms with Gasteiger partial charge in [0.1, 0.15) is 29.3 Å². The van der Waals surface area contributed by atoms with Gasteiger partial charge in [0, 0.05) is 30.8 Å². The fraction of sp³-hybridized carbons (Fsp3) is 0.259. The second-order valence-corrected chi connectivity index (χ2v) is 9.00. The van der Waals surface area contributed by atoms with E-state index in [9.17, 15) is 4.79 Å². The Labute approximate surface area is 209 Å². The molecule has 1 aliphatic rings. The van der Waals surface area contributed by atoms with Gasteiger partial charge in [0.2, 0.25) is 5.91 Å². The monoisotopic (exact) mass is 483 g/mol. The number of hydrogen-bond donors (Lipinski definition) is 1. The summed E-state index contributed by atoms with van der Waals surface area (Å²) < 4.78 is 7.72. The van der Waals surface area contributed by atoms with Gasteiger partial charge in [-0.1, -0.05) is 24.3 Å². The van der Waals surface area contributed by atoms with Crippen molar-refractivity contribution >= 4 is 22.8 Å².